The summed E-state index contributed by atoms with van der Waals surface area (Å²) in [5.74, 6) is 0.328. The Morgan fingerprint density at radius 1 is 0.531 bits per heavy atom. The number of rotatable bonds is 22. The summed E-state index contributed by atoms with van der Waals surface area (Å²) in [6, 6.07) is 12.5. The predicted molar refractivity (Wildman–Crippen MR) is 260 cm³/mol. The highest BCUT2D eigenvalue weighted by Crippen LogP contribution is 2.44. The molecule has 3 N–H and O–H groups in total. The smallest absolute Gasteiger partial charge is 0.343 e. The maximum absolute atomic E-state index is 12.8. The van der Waals surface area contributed by atoms with Crippen LogP contribution in [-0.2, 0) is 40.7 Å². The summed E-state index contributed by atoms with van der Waals surface area (Å²) >= 11 is 0. The van der Waals surface area contributed by atoms with Crippen LogP contribution < -0.4 is 4.74 Å². The average molecular weight is 889 g/mol. The molecule has 3 rings (SSSR count). The van der Waals surface area contributed by atoms with Crippen LogP contribution in [0.5, 0.6) is 23.0 Å². The van der Waals surface area contributed by atoms with Gasteiger partial charge in [-0.2, -0.15) is 0 Å². The van der Waals surface area contributed by atoms with E-state index >= 15 is 0 Å². The van der Waals surface area contributed by atoms with E-state index in [1.54, 1.807) is 24.3 Å². The largest absolute Gasteiger partial charge is 0.508 e. The number of ether oxygens (including phenoxy) is 3. The molecule has 3 aromatic carbocycles. The molecule has 0 saturated heterocycles. The van der Waals surface area contributed by atoms with Gasteiger partial charge in [-0.25, -0.2) is 4.79 Å². The minimum atomic E-state index is -0.424. The summed E-state index contributed by atoms with van der Waals surface area (Å²) in [6.45, 7) is 29.4. The standard InChI is InChI=1S/C32H54O6.C23H30O3/c1-7-9-11-13-21-37-29(35)17-15-19-31(3,4)25-23-28(34)26(24-27(25)33)32(5,6)20-16-18-30(36)38-22-14-12-10-8-2;1-14-9-10-19(15(2)11-14)26-21(25)16-12-17(22(3,4)5)20(24)18(13-16)23(6,7)8/h23-24,33-34H,7-22H2,1-6H3;9-13,24H,1-8H3. The number of unbranched alkanes of at least 4 members (excludes halogenated alkanes) is 6. The summed E-state index contributed by atoms with van der Waals surface area (Å²) in [4.78, 5) is 36.9. The van der Waals surface area contributed by atoms with E-state index in [9.17, 15) is 29.7 Å². The van der Waals surface area contributed by atoms with E-state index in [-0.39, 0.29) is 40.0 Å². The number of carbonyl (C=O) groups excluding carboxylic acids is 3. The molecule has 9 nitrogen and oxygen atoms in total. The fraction of sp³-hybridized carbons (Fsp3) is 0.618. The molecule has 9 heteroatoms. The van der Waals surface area contributed by atoms with E-state index in [4.69, 9.17) is 14.2 Å². The summed E-state index contributed by atoms with van der Waals surface area (Å²) in [6.07, 6.45) is 11.9. The highest BCUT2D eigenvalue weighted by atomic mass is 16.5. The third-order valence-electron chi connectivity index (χ3n) is 12.0. The zero-order valence-corrected chi connectivity index (χ0v) is 42.1. The molecule has 0 saturated carbocycles. The topological polar surface area (TPSA) is 140 Å². The van der Waals surface area contributed by atoms with Gasteiger partial charge >= 0.3 is 17.9 Å². The van der Waals surface area contributed by atoms with Gasteiger partial charge < -0.3 is 29.5 Å². The monoisotopic (exact) mass is 889 g/mol. The number of esters is 3. The van der Waals surface area contributed by atoms with Crippen LogP contribution >= 0.6 is 0 Å². The lowest BCUT2D eigenvalue weighted by Crippen LogP contribution is -2.21. The molecule has 0 heterocycles. The van der Waals surface area contributed by atoms with Gasteiger partial charge in [0.1, 0.15) is 23.0 Å². The summed E-state index contributed by atoms with van der Waals surface area (Å²) in [7, 11) is 0. The van der Waals surface area contributed by atoms with Gasteiger partial charge in [-0.1, -0.05) is 139 Å². The number of aromatic hydroxyl groups is 3. The molecule has 0 aromatic heterocycles. The van der Waals surface area contributed by atoms with Gasteiger partial charge in [0, 0.05) is 35.1 Å². The van der Waals surface area contributed by atoms with Gasteiger partial charge in [-0.05, 0) is 110 Å². The van der Waals surface area contributed by atoms with Gasteiger partial charge in [0.05, 0.1) is 18.8 Å². The van der Waals surface area contributed by atoms with Crippen molar-refractivity contribution in [1.82, 2.24) is 0 Å². The Kier molecular flexibility index (Phi) is 21.9. The SMILES string of the molecule is CCCCCCOC(=O)CCCC(C)(C)c1cc(O)c(C(C)(C)CCCC(=O)OCCCCCC)cc1O.Cc1ccc(OC(=O)c2cc(C(C)(C)C)c(O)c(C(C)(C)C)c2)c(C)c1. The first-order chi connectivity index (χ1) is 29.7. The van der Waals surface area contributed by atoms with Crippen molar-refractivity contribution < 1.29 is 43.9 Å². The molecule has 0 amide bonds. The number of phenolic OH excluding ortho intramolecular Hbond substituents is 3. The molecule has 0 aliphatic heterocycles. The zero-order valence-electron chi connectivity index (χ0n) is 42.1. The van der Waals surface area contributed by atoms with Crippen molar-refractivity contribution in [2.75, 3.05) is 13.2 Å². The maximum Gasteiger partial charge on any atom is 0.343 e. The van der Waals surface area contributed by atoms with Crippen molar-refractivity contribution in [3.8, 4) is 23.0 Å². The second kappa shape index (κ2) is 25.2. The molecule has 0 fully saturated rings. The van der Waals surface area contributed by atoms with Gasteiger partial charge in [0.25, 0.3) is 0 Å². The summed E-state index contributed by atoms with van der Waals surface area (Å²) < 4.78 is 16.3. The molecule has 0 unspecified atom stereocenters. The first kappa shape index (κ1) is 55.6. The van der Waals surface area contributed by atoms with Gasteiger partial charge in [0.15, 0.2) is 0 Å². The van der Waals surface area contributed by atoms with Crippen molar-refractivity contribution in [2.45, 2.75) is 208 Å². The molecule has 0 aliphatic rings. The Balaban J connectivity index is 0.000000471. The second-order valence-corrected chi connectivity index (χ2v) is 21.0. The normalized spacial score (nSPS) is 12.0. The number of hydrogen-bond acceptors (Lipinski definition) is 9. The van der Waals surface area contributed by atoms with E-state index in [1.165, 1.54) is 0 Å². The molecule has 0 radical (unpaired) electrons. The molecule has 0 spiro atoms. The molecule has 0 aliphatic carbocycles. The van der Waals surface area contributed by atoms with E-state index in [2.05, 4.69) is 13.8 Å². The summed E-state index contributed by atoms with van der Waals surface area (Å²) in [5, 5.41) is 32.6. The summed E-state index contributed by atoms with van der Waals surface area (Å²) in [5.41, 5.74) is 3.89. The van der Waals surface area contributed by atoms with Gasteiger partial charge in [0.2, 0.25) is 0 Å². The van der Waals surface area contributed by atoms with Crippen LogP contribution in [0.25, 0.3) is 0 Å². The predicted octanol–water partition coefficient (Wildman–Crippen LogP) is 14.1. The lowest BCUT2D eigenvalue weighted by atomic mass is 9.75. The minimum Gasteiger partial charge on any atom is -0.508 e. The van der Waals surface area contributed by atoms with Crippen LogP contribution in [0.2, 0.25) is 0 Å². The van der Waals surface area contributed by atoms with E-state index < -0.39 is 16.8 Å². The Hall–Kier alpha value is -4.53. The van der Waals surface area contributed by atoms with Crippen molar-refractivity contribution >= 4 is 17.9 Å². The number of hydrogen-bond donors (Lipinski definition) is 3. The van der Waals surface area contributed by atoms with Crippen LogP contribution in [0.3, 0.4) is 0 Å². The van der Waals surface area contributed by atoms with Crippen LogP contribution in [0.1, 0.15) is 217 Å². The highest BCUT2D eigenvalue weighted by molar-refractivity contribution is 5.92. The number of phenols is 3. The average Bonchev–Trinajstić information content (AvgIpc) is 3.18. The van der Waals surface area contributed by atoms with Crippen LogP contribution in [0.15, 0.2) is 42.5 Å². The van der Waals surface area contributed by atoms with E-state index in [0.717, 1.165) is 73.6 Å². The van der Waals surface area contributed by atoms with Crippen LogP contribution in [0.4, 0.5) is 0 Å². The fourth-order valence-electron chi connectivity index (χ4n) is 7.82. The third-order valence-corrected chi connectivity index (χ3v) is 12.0. The Labute approximate surface area is 386 Å². The molecule has 0 bridgehead atoms. The minimum absolute atomic E-state index is 0.140. The van der Waals surface area contributed by atoms with Crippen molar-refractivity contribution in [2.24, 2.45) is 0 Å². The molecule has 3 aromatic rings. The number of carbonyl (C=O) groups is 3. The van der Waals surface area contributed by atoms with Gasteiger partial charge in [-0.15, -0.1) is 0 Å². The Morgan fingerprint density at radius 2 is 0.953 bits per heavy atom. The number of aryl methyl sites for hydroxylation is 2. The molecule has 0 atom stereocenters. The van der Waals surface area contributed by atoms with E-state index in [0.29, 0.717) is 74.2 Å². The van der Waals surface area contributed by atoms with E-state index in [1.807, 2.05) is 101 Å². The van der Waals surface area contributed by atoms with Crippen LogP contribution in [0, 0.1) is 13.8 Å². The first-order valence-electron chi connectivity index (χ1n) is 23.8. The Morgan fingerprint density at radius 3 is 1.33 bits per heavy atom. The third kappa shape index (κ3) is 18.2. The highest BCUT2D eigenvalue weighted by Gasteiger charge is 2.31. The first-order valence-corrected chi connectivity index (χ1v) is 23.8. The molecule has 358 valence electrons. The van der Waals surface area contributed by atoms with Gasteiger partial charge in [-0.3, -0.25) is 9.59 Å². The van der Waals surface area contributed by atoms with Crippen molar-refractivity contribution in [3.63, 3.8) is 0 Å². The van der Waals surface area contributed by atoms with Crippen molar-refractivity contribution in [3.05, 3.63) is 81.4 Å². The quantitative estimate of drug-likeness (QED) is 0.0389. The maximum atomic E-state index is 12.8. The second-order valence-electron chi connectivity index (χ2n) is 21.0. The molecular weight excluding hydrogens is 805 g/mol. The van der Waals surface area contributed by atoms with Crippen molar-refractivity contribution in [1.29, 1.82) is 0 Å². The Bertz CT molecular complexity index is 1850. The van der Waals surface area contributed by atoms with Crippen LogP contribution in [-0.4, -0.2) is 46.4 Å². The fourth-order valence-corrected chi connectivity index (χ4v) is 7.82. The lowest BCUT2D eigenvalue weighted by Gasteiger charge is -2.30. The molecule has 64 heavy (non-hydrogen) atoms. The zero-order chi connectivity index (χ0) is 48.5. The molecular formula is C55H84O9. The lowest BCUT2D eigenvalue weighted by molar-refractivity contribution is -0.144. The number of benzene rings is 3.